The number of aromatic nitrogens is 4. The molecule has 0 amide bonds. The molecule has 0 aliphatic rings. The van der Waals surface area contributed by atoms with Gasteiger partial charge in [-0.15, -0.1) is 4.52 Å². The van der Waals surface area contributed by atoms with Crippen molar-refractivity contribution in [3.8, 4) is 5.69 Å². The highest BCUT2D eigenvalue weighted by molar-refractivity contribution is 6.50. The second-order valence-electron chi connectivity index (χ2n) is 3.85. The van der Waals surface area contributed by atoms with Crippen LogP contribution in [-0.4, -0.2) is 22.4 Å². The Morgan fingerprint density at radius 2 is 1.62 bits per heavy atom. The summed E-state index contributed by atoms with van der Waals surface area (Å²) < 4.78 is 40.9. The lowest BCUT2D eigenvalue weighted by Gasteiger charge is -1.96. The van der Waals surface area contributed by atoms with Crippen molar-refractivity contribution in [1.29, 1.82) is 0 Å². The minimum absolute atomic E-state index is 0.707. The van der Waals surface area contributed by atoms with Crippen molar-refractivity contribution in [2.75, 3.05) is 0 Å². The van der Waals surface area contributed by atoms with Gasteiger partial charge < -0.3 is 17.3 Å². The van der Waals surface area contributed by atoms with Crippen LogP contribution >= 0.6 is 11.6 Å². The van der Waals surface area contributed by atoms with Crippen LogP contribution in [0.2, 0.25) is 5.02 Å². The number of rotatable bonds is 1. The van der Waals surface area contributed by atoms with E-state index in [9.17, 15) is 17.3 Å². The first-order valence-electron chi connectivity index (χ1n) is 5.70. The molecule has 21 heavy (non-hydrogen) atoms. The van der Waals surface area contributed by atoms with Crippen LogP contribution in [0.4, 0.5) is 17.3 Å². The predicted molar refractivity (Wildman–Crippen MR) is 69.7 cm³/mol. The Balaban J connectivity index is 0.000000282. The summed E-state index contributed by atoms with van der Waals surface area (Å²) in [7, 11) is -6.00. The molecule has 0 saturated carbocycles. The van der Waals surface area contributed by atoms with E-state index in [1.165, 1.54) is 0 Å². The lowest BCUT2D eigenvalue weighted by atomic mass is 10.3. The number of nitrogens with zero attached hydrogens (tertiary/aromatic N) is 4. The standard InChI is InChI=1S/C11H8ClN4.BF4/c12-9-4-6-10(7-5-9)16-14-13-11-3-1-2-8-15(11)16;2-1(3,4)5/h1-8H;/q+1;-1. The van der Waals surface area contributed by atoms with Crippen molar-refractivity contribution < 1.29 is 21.8 Å². The van der Waals surface area contributed by atoms with Crippen molar-refractivity contribution >= 4 is 24.5 Å². The van der Waals surface area contributed by atoms with Crippen molar-refractivity contribution in [3.63, 3.8) is 0 Å². The molecule has 0 spiro atoms. The SMILES string of the molecule is Clc1ccc(-n2nnc3cccc[n+]32)cc1.F[B-](F)(F)F. The number of hydrogen-bond donors (Lipinski definition) is 0. The van der Waals surface area contributed by atoms with Gasteiger partial charge in [-0.2, -0.15) is 0 Å². The highest BCUT2D eigenvalue weighted by Crippen LogP contribution is 2.11. The highest BCUT2D eigenvalue weighted by atomic mass is 35.5. The van der Waals surface area contributed by atoms with Crippen molar-refractivity contribution in [3.05, 3.63) is 53.7 Å². The van der Waals surface area contributed by atoms with Gasteiger partial charge in [-0.3, -0.25) is 0 Å². The molecule has 0 fully saturated rings. The maximum absolute atomic E-state index is 9.75. The minimum Gasteiger partial charge on any atom is -0.418 e. The molecular formula is C11H8BClF4N4. The molecule has 4 nitrogen and oxygen atoms in total. The number of tetrazole rings is 1. The average Bonchev–Trinajstić information content (AvgIpc) is 2.82. The fourth-order valence-electron chi connectivity index (χ4n) is 1.55. The maximum Gasteiger partial charge on any atom is 0.673 e. The Labute approximate surface area is 121 Å². The van der Waals surface area contributed by atoms with E-state index in [1.807, 2.05) is 53.2 Å². The number of fused-ring (bicyclic) bond motifs is 1. The summed E-state index contributed by atoms with van der Waals surface area (Å²) >= 11 is 5.84. The highest BCUT2D eigenvalue weighted by Gasteiger charge is 2.20. The van der Waals surface area contributed by atoms with E-state index in [1.54, 1.807) is 4.80 Å². The van der Waals surface area contributed by atoms with Gasteiger partial charge in [0.05, 0.1) is 6.20 Å². The van der Waals surface area contributed by atoms with E-state index in [2.05, 4.69) is 10.3 Å². The van der Waals surface area contributed by atoms with E-state index in [0.29, 0.717) is 5.02 Å². The summed E-state index contributed by atoms with van der Waals surface area (Å²) in [4.78, 5) is 1.71. The zero-order valence-electron chi connectivity index (χ0n) is 10.4. The van der Waals surface area contributed by atoms with Crippen molar-refractivity contribution in [2.45, 2.75) is 0 Å². The molecule has 0 unspecified atom stereocenters. The average molecular weight is 318 g/mol. The van der Waals surface area contributed by atoms with Gasteiger partial charge in [0.15, 0.2) is 5.21 Å². The van der Waals surface area contributed by atoms with Crippen LogP contribution in [0, 0.1) is 0 Å². The van der Waals surface area contributed by atoms with Gasteiger partial charge in [0.1, 0.15) is 10.8 Å². The normalized spacial score (nSPS) is 11.1. The molecule has 3 rings (SSSR count). The van der Waals surface area contributed by atoms with Crippen molar-refractivity contribution in [2.24, 2.45) is 0 Å². The van der Waals surface area contributed by atoms with Gasteiger partial charge in [0.25, 0.3) is 0 Å². The molecule has 0 atom stereocenters. The molecule has 2 heterocycles. The molecule has 2 aromatic heterocycles. The molecule has 0 aliphatic carbocycles. The Morgan fingerprint density at radius 1 is 1.00 bits per heavy atom. The Morgan fingerprint density at radius 3 is 2.24 bits per heavy atom. The minimum atomic E-state index is -6.00. The number of benzene rings is 1. The fraction of sp³-hybridized carbons (Fsp3) is 0. The van der Waals surface area contributed by atoms with E-state index >= 15 is 0 Å². The molecule has 110 valence electrons. The van der Waals surface area contributed by atoms with Gasteiger partial charge in [0.2, 0.25) is 0 Å². The van der Waals surface area contributed by atoms with E-state index < -0.39 is 7.25 Å². The Kier molecular flexibility index (Phi) is 4.42. The first-order valence-corrected chi connectivity index (χ1v) is 6.08. The lowest BCUT2D eigenvalue weighted by molar-refractivity contribution is -0.604. The number of halogens is 5. The molecule has 0 saturated heterocycles. The third-order valence-corrected chi connectivity index (χ3v) is 2.56. The summed E-state index contributed by atoms with van der Waals surface area (Å²) in [6.07, 6.45) is 1.91. The summed E-state index contributed by atoms with van der Waals surface area (Å²) in [6.45, 7) is 0. The Hall–Kier alpha value is -2.16. The molecule has 0 bridgehead atoms. The summed E-state index contributed by atoms with van der Waals surface area (Å²) in [6, 6.07) is 13.2. The largest absolute Gasteiger partial charge is 0.673 e. The third-order valence-electron chi connectivity index (χ3n) is 2.31. The fourth-order valence-corrected chi connectivity index (χ4v) is 1.67. The van der Waals surface area contributed by atoms with E-state index in [4.69, 9.17) is 11.6 Å². The molecule has 0 N–H and O–H groups in total. The van der Waals surface area contributed by atoms with Gasteiger partial charge in [0, 0.05) is 11.1 Å². The smallest absolute Gasteiger partial charge is 0.418 e. The number of pyridine rings is 1. The van der Waals surface area contributed by atoms with E-state index in [0.717, 1.165) is 11.3 Å². The van der Waals surface area contributed by atoms with Gasteiger partial charge >= 0.3 is 12.9 Å². The number of hydrogen-bond acceptors (Lipinski definition) is 2. The summed E-state index contributed by atoms with van der Waals surface area (Å²) in [5.41, 5.74) is 1.72. The molecule has 10 heteroatoms. The molecular weight excluding hydrogens is 310 g/mol. The second-order valence-corrected chi connectivity index (χ2v) is 4.29. The third kappa shape index (κ3) is 4.42. The Bertz CT molecular complexity index is 723. The van der Waals surface area contributed by atoms with Gasteiger partial charge in [-0.05, 0) is 35.1 Å². The van der Waals surface area contributed by atoms with Gasteiger partial charge in [-0.25, -0.2) is 0 Å². The first kappa shape index (κ1) is 15.2. The zero-order chi connectivity index (χ0) is 15.5. The summed E-state index contributed by atoms with van der Waals surface area (Å²) in [5.74, 6) is 0. The van der Waals surface area contributed by atoms with Gasteiger partial charge in [-0.1, -0.05) is 17.7 Å². The predicted octanol–water partition coefficient (Wildman–Crippen LogP) is 2.96. The van der Waals surface area contributed by atoms with E-state index in [-0.39, 0.29) is 0 Å². The van der Waals surface area contributed by atoms with Crippen LogP contribution in [0.25, 0.3) is 11.3 Å². The van der Waals surface area contributed by atoms with Crippen LogP contribution in [0.1, 0.15) is 0 Å². The lowest BCUT2D eigenvalue weighted by Crippen LogP contribution is -2.31. The van der Waals surface area contributed by atoms with Crippen LogP contribution in [0.5, 0.6) is 0 Å². The van der Waals surface area contributed by atoms with Crippen molar-refractivity contribution in [1.82, 2.24) is 15.1 Å². The monoisotopic (exact) mass is 318 g/mol. The molecule has 1 aromatic carbocycles. The van der Waals surface area contributed by atoms with Crippen LogP contribution < -0.4 is 4.52 Å². The summed E-state index contributed by atoms with van der Waals surface area (Å²) in [5, 5.41) is 8.85. The second kappa shape index (κ2) is 6.09. The zero-order valence-corrected chi connectivity index (χ0v) is 11.1. The topological polar surface area (TPSA) is 34.8 Å². The molecule has 0 aliphatic heterocycles. The van der Waals surface area contributed by atoms with Crippen LogP contribution in [0.15, 0.2) is 48.7 Å². The molecule has 0 radical (unpaired) electrons. The maximum atomic E-state index is 9.75. The first-order chi connectivity index (χ1) is 9.84. The molecule has 3 aromatic rings. The van der Waals surface area contributed by atoms with Crippen LogP contribution in [-0.2, 0) is 0 Å². The van der Waals surface area contributed by atoms with Crippen LogP contribution in [0.3, 0.4) is 0 Å². The quantitative estimate of drug-likeness (QED) is 0.393.